The van der Waals surface area contributed by atoms with Crippen molar-refractivity contribution in [1.29, 1.82) is 0 Å². The van der Waals surface area contributed by atoms with Crippen LogP contribution in [0.1, 0.15) is 11.1 Å². The first-order valence-electron chi connectivity index (χ1n) is 9.44. The molecule has 28 heavy (non-hydrogen) atoms. The monoisotopic (exact) mass is 377 g/mol. The second-order valence-corrected chi connectivity index (χ2v) is 6.96. The summed E-state index contributed by atoms with van der Waals surface area (Å²) in [7, 11) is 3.96. The van der Waals surface area contributed by atoms with E-state index in [-0.39, 0.29) is 6.03 Å². The molecule has 1 heterocycles. The lowest BCUT2D eigenvalue weighted by molar-refractivity contribution is 0.239. The average Bonchev–Trinajstić information content (AvgIpc) is 3.10. The van der Waals surface area contributed by atoms with Crippen LogP contribution in [-0.4, -0.2) is 47.9 Å². The smallest absolute Gasteiger partial charge is 0.315 e. The fourth-order valence-corrected chi connectivity index (χ4v) is 2.91. The van der Waals surface area contributed by atoms with E-state index in [4.69, 9.17) is 5.10 Å². The lowest BCUT2D eigenvalue weighted by atomic mass is 10.1. The Labute approximate surface area is 166 Å². The van der Waals surface area contributed by atoms with E-state index < -0.39 is 0 Å². The molecule has 0 radical (unpaired) electrons. The number of hydrogen-bond acceptors (Lipinski definition) is 3. The minimum Gasteiger partial charge on any atom is -0.337 e. The van der Waals surface area contributed by atoms with Crippen molar-refractivity contribution < 1.29 is 4.79 Å². The summed E-state index contributed by atoms with van der Waals surface area (Å²) < 4.78 is 1.93. The molecule has 146 valence electrons. The highest BCUT2D eigenvalue weighted by molar-refractivity contribution is 5.74. The van der Waals surface area contributed by atoms with Crippen molar-refractivity contribution in [3.8, 4) is 11.3 Å². The number of likely N-dealkylation sites (N-methyl/N-ethyl adjacent to an activating group) is 1. The molecule has 0 atom stereocenters. The number of amides is 2. The Hall–Kier alpha value is -3.12. The molecule has 2 amide bonds. The maximum Gasteiger partial charge on any atom is 0.315 e. The first-order chi connectivity index (χ1) is 13.6. The predicted molar refractivity (Wildman–Crippen MR) is 112 cm³/mol. The Morgan fingerprint density at radius 2 is 1.68 bits per heavy atom. The van der Waals surface area contributed by atoms with Crippen LogP contribution < -0.4 is 10.6 Å². The minimum absolute atomic E-state index is 0.170. The molecule has 2 aromatic carbocycles. The van der Waals surface area contributed by atoms with Crippen molar-refractivity contribution in [1.82, 2.24) is 25.3 Å². The maximum atomic E-state index is 12.1. The summed E-state index contributed by atoms with van der Waals surface area (Å²) in [5.74, 6) is 0. The summed E-state index contributed by atoms with van der Waals surface area (Å²) in [5.41, 5.74) is 4.11. The molecule has 0 aliphatic carbocycles. The van der Waals surface area contributed by atoms with Gasteiger partial charge in [-0.15, -0.1) is 0 Å². The van der Waals surface area contributed by atoms with Crippen LogP contribution in [0.15, 0.2) is 66.9 Å². The van der Waals surface area contributed by atoms with E-state index in [1.165, 1.54) is 5.56 Å². The molecule has 1 aromatic heterocycles. The van der Waals surface area contributed by atoms with Gasteiger partial charge in [0.05, 0.1) is 12.2 Å². The highest BCUT2D eigenvalue weighted by Gasteiger charge is 2.12. The molecule has 0 saturated heterocycles. The van der Waals surface area contributed by atoms with Crippen LogP contribution in [-0.2, 0) is 13.1 Å². The van der Waals surface area contributed by atoms with E-state index >= 15 is 0 Å². The third-order valence-corrected chi connectivity index (χ3v) is 4.36. The van der Waals surface area contributed by atoms with Crippen LogP contribution in [0.5, 0.6) is 0 Å². The second kappa shape index (κ2) is 9.71. The van der Waals surface area contributed by atoms with Gasteiger partial charge in [0.1, 0.15) is 0 Å². The zero-order valence-electron chi connectivity index (χ0n) is 16.4. The molecule has 0 aliphatic rings. The molecular weight excluding hydrogens is 350 g/mol. The molecule has 3 aromatic rings. The summed E-state index contributed by atoms with van der Waals surface area (Å²) in [6.45, 7) is 2.53. The number of carbonyl (C=O) groups is 1. The number of aromatic nitrogens is 2. The summed E-state index contributed by atoms with van der Waals surface area (Å²) >= 11 is 0. The lowest BCUT2D eigenvalue weighted by Crippen LogP contribution is -2.38. The van der Waals surface area contributed by atoms with Gasteiger partial charge in [0.15, 0.2) is 0 Å². The Kier molecular flexibility index (Phi) is 6.81. The molecule has 0 saturated carbocycles. The van der Waals surface area contributed by atoms with Gasteiger partial charge in [-0.2, -0.15) is 5.10 Å². The molecule has 6 heteroatoms. The molecular formula is C22H27N5O. The highest BCUT2D eigenvalue weighted by atomic mass is 16.2. The van der Waals surface area contributed by atoms with Gasteiger partial charge in [-0.05, 0) is 19.7 Å². The van der Waals surface area contributed by atoms with E-state index in [2.05, 4.69) is 22.8 Å². The minimum atomic E-state index is -0.170. The molecule has 2 N–H and O–H groups in total. The van der Waals surface area contributed by atoms with Crippen LogP contribution >= 0.6 is 0 Å². The van der Waals surface area contributed by atoms with E-state index in [1.54, 1.807) is 0 Å². The molecule has 0 fully saturated rings. The summed E-state index contributed by atoms with van der Waals surface area (Å²) in [4.78, 5) is 14.1. The van der Waals surface area contributed by atoms with E-state index in [0.717, 1.165) is 23.4 Å². The van der Waals surface area contributed by atoms with E-state index in [0.29, 0.717) is 19.6 Å². The molecule has 0 bridgehead atoms. The van der Waals surface area contributed by atoms with Crippen LogP contribution in [0.25, 0.3) is 11.3 Å². The Balaban J connectivity index is 1.72. The van der Waals surface area contributed by atoms with Gasteiger partial charge in [0.2, 0.25) is 0 Å². The fraction of sp³-hybridized carbons (Fsp3) is 0.273. The largest absolute Gasteiger partial charge is 0.337 e. The standard InChI is InChI=1S/C22H27N5O/c1-26(2)14-13-23-22(28)24-15-20-17-27(16-18-9-5-3-6-10-18)25-21(20)19-11-7-4-8-12-19/h3-12,17H,13-16H2,1-2H3,(H2,23,24,28). The van der Waals surface area contributed by atoms with Crippen molar-refractivity contribution in [2.75, 3.05) is 27.2 Å². The number of urea groups is 1. The van der Waals surface area contributed by atoms with Gasteiger partial charge in [0, 0.05) is 37.0 Å². The Bertz CT molecular complexity index is 874. The van der Waals surface area contributed by atoms with Crippen molar-refractivity contribution in [3.05, 3.63) is 78.0 Å². The summed E-state index contributed by atoms with van der Waals surface area (Å²) in [5, 5.41) is 10.6. The molecule has 0 aliphatic heterocycles. The Morgan fingerprint density at radius 3 is 2.36 bits per heavy atom. The zero-order chi connectivity index (χ0) is 19.8. The van der Waals surface area contributed by atoms with Gasteiger partial charge in [-0.3, -0.25) is 4.68 Å². The van der Waals surface area contributed by atoms with Crippen molar-refractivity contribution in [2.45, 2.75) is 13.1 Å². The third kappa shape index (κ3) is 5.69. The maximum absolute atomic E-state index is 12.1. The zero-order valence-corrected chi connectivity index (χ0v) is 16.4. The SMILES string of the molecule is CN(C)CCNC(=O)NCc1cn(Cc2ccccc2)nc1-c1ccccc1. The van der Waals surface area contributed by atoms with Gasteiger partial charge in [0.25, 0.3) is 0 Å². The van der Waals surface area contributed by atoms with Gasteiger partial charge in [-0.25, -0.2) is 4.79 Å². The molecule has 3 rings (SSSR count). The molecule has 0 unspecified atom stereocenters. The highest BCUT2D eigenvalue weighted by Crippen LogP contribution is 2.22. The van der Waals surface area contributed by atoms with Gasteiger partial charge in [-0.1, -0.05) is 60.7 Å². The number of rotatable bonds is 8. The lowest BCUT2D eigenvalue weighted by Gasteiger charge is -2.11. The van der Waals surface area contributed by atoms with Gasteiger partial charge >= 0.3 is 6.03 Å². The van der Waals surface area contributed by atoms with Crippen LogP contribution in [0.3, 0.4) is 0 Å². The van der Waals surface area contributed by atoms with E-state index in [1.807, 2.05) is 78.4 Å². The third-order valence-electron chi connectivity index (χ3n) is 4.36. The average molecular weight is 377 g/mol. The predicted octanol–water partition coefficient (Wildman–Crippen LogP) is 2.96. The molecule has 6 nitrogen and oxygen atoms in total. The number of nitrogens with zero attached hydrogens (tertiary/aromatic N) is 3. The Morgan fingerprint density at radius 1 is 1.00 bits per heavy atom. The van der Waals surface area contributed by atoms with Crippen molar-refractivity contribution in [3.63, 3.8) is 0 Å². The normalized spacial score (nSPS) is 10.8. The van der Waals surface area contributed by atoms with Crippen molar-refractivity contribution >= 4 is 6.03 Å². The van der Waals surface area contributed by atoms with E-state index in [9.17, 15) is 4.79 Å². The number of nitrogens with one attached hydrogen (secondary N) is 2. The number of benzene rings is 2. The topological polar surface area (TPSA) is 62.2 Å². The molecule has 0 spiro atoms. The van der Waals surface area contributed by atoms with Gasteiger partial charge < -0.3 is 15.5 Å². The number of carbonyl (C=O) groups excluding carboxylic acids is 1. The second-order valence-electron chi connectivity index (χ2n) is 6.96. The summed E-state index contributed by atoms with van der Waals surface area (Å²) in [6.07, 6.45) is 2.01. The summed E-state index contributed by atoms with van der Waals surface area (Å²) in [6, 6.07) is 20.1. The first-order valence-corrected chi connectivity index (χ1v) is 9.44. The fourth-order valence-electron chi connectivity index (χ4n) is 2.91. The van der Waals surface area contributed by atoms with Crippen LogP contribution in [0.4, 0.5) is 4.79 Å². The van der Waals surface area contributed by atoms with Crippen molar-refractivity contribution in [2.24, 2.45) is 0 Å². The van der Waals surface area contributed by atoms with Crippen LogP contribution in [0.2, 0.25) is 0 Å². The van der Waals surface area contributed by atoms with Crippen LogP contribution in [0, 0.1) is 0 Å². The number of hydrogen-bond donors (Lipinski definition) is 2. The quantitative estimate of drug-likeness (QED) is 0.634. The first kappa shape index (κ1) is 19.6.